The maximum absolute atomic E-state index is 6.18. The Morgan fingerprint density at radius 3 is 3.22 bits per heavy atom. The summed E-state index contributed by atoms with van der Waals surface area (Å²) in [4.78, 5) is 6.54. The molecule has 2 rings (SSSR count). The molecule has 0 aliphatic carbocycles. The quantitative estimate of drug-likeness (QED) is 0.909. The minimum atomic E-state index is 0.623. The van der Waals surface area contributed by atoms with Gasteiger partial charge in [-0.2, -0.15) is 0 Å². The molecular formula is C14H22ClN3. The van der Waals surface area contributed by atoms with Gasteiger partial charge in [0.05, 0.1) is 5.02 Å². The number of nitrogens with one attached hydrogen (secondary N) is 1. The van der Waals surface area contributed by atoms with Crippen molar-refractivity contribution in [2.75, 3.05) is 19.6 Å². The van der Waals surface area contributed by atoms with Gasteiger partial charge in [0.2, 0.25) is 0 Å². The van der Waals surface area contributed by atoms with Gasteiger partial charge < -0.3 is 5.32 Å². The normalized spacial score (nSPS) is 21.8. The molecule has 2 heterocycles. The zero-order valence-corrected chi connectivity index (χ0v) is 11.8. The second-order valence-electron chi connectivity index (χ2n) is 5.00. The van der Waals surface area contributed by atoms with Gasteiger partial charge in [0.25, 0.3) is 0 Å². The van der Waals surface area contributed by atoms with Crippen LogP contribution in [-0.4, -0.2) is 35.6 Å². The summed E-state index contributed by atoms with van der Waals surface area (Å²) in [6, 6.07) is 2.65. The summed E-state index contributed by atoms with van der Waals surface area (Å²) in [5.41, 5.74) is 1.18. The molecule has 0 aromatic carbocycles. The molecule has 0 radical (unpaired) electrons. The molecule has 1 N–H and O–H groups in total. The molecule has 1 saturated heterocycles. The van der Waals surface area contributed by atoms with Crippen molar-refractivity contribution >= 4 is 11.6 Å². The Morgan fingerprint density at radius 1 is 1.56 bits per heavy atom. The molecule has 1 aromatic rings. The third-order valence-electron chi connectivity index (χ3n) is 3.45. The predicted octanol–water partition coefficient (Wildman–Crippen LogP) is 2.70. The van der Waals surface area contributed by atoms with Crippen LogP contribution in [-0.2, 0) is 6.54 Å². The van der Waals surface area contributed by atoms with Crippen LogP contribution < -0.4 is 5.32 Å². The van der Waals surface area contributed by atoms with Crippen LogP contribution in [0.25, 0.3) is 0 Å². The van der Waals surface area contributed by atoms with Gasteiger partial charge in [-0.3, -0.25) is 9.88 Å². The highest BCUT2D eigenvalue weighted by Gasteiger charge is 2.17. The molecule has 0 spiro atoms. The van der Waals surface area contributed by atoms with Crippen molar-refractivity contribution in [3.05, 3.63) is 29.0 Å². The summed E-state index contributed by atoms with van der Waals surface area (Å²) in [6.07, 6.45) is 7.25. The molecule has 1 unspecified atom stereocenters. The Kier molecular flexibility index (Phi) is 5.42. The monoisotopic (exact) mass is 267 g/mol. The van der Waals surface area contributed by atoms with E-state index in [0.717, 1.165) is 31.2 Å². The molecular weight excluding hydrogens is 246 g/mol. The second-order valence-corrected chi connectivity index (χ2v) is 5.40. The predicted molar refractivity (Wildman–Crippen MR) is 75.8 cm³/mol. The lowest BCUT2D eigenvalue weighted by molar-refractivity contribution is 0.255. The zero-order chi connectivity index (χ0) is 12.8. The van der Waals surface area contributed by atoms with Crippen molar-refractivity contribution in [1.29, 1.82) is 0 Å². The molecule has 4 heteroatoms. The molecule has 0 bridgehead atoms. The molecule has 1 aliphatic heterocycles. The molecule has 1 aliphatic rings. The average Bonchev–Trinajstić information content (AvgIpc) is 2.58. The lowest BCUT2D eigenvalue weighted by Gasteiger charge is -2.24. The summed E-state index contributed by atoms with van der Waals surface area (Å²) in [5.74, 6) is 0. The maximum atomic E-state index is 6.18. The van der Waals surface area contributed by atoms with Gasteiger partial charge in [0, 0.05) is 31.5 Å². The fourth-order valence-electron chi connectivity index (χ4n) is 2.53. The van der Waals surface area contributed by atoms with Crippen LogP contribution in [0.2, 0.25) is 5.02 Å². The van der Waals surface area contributed by atoms with E-state index in [1.54, 1.807) is 6.20 Å². The number of nitrogens with zero attached hydrogens (tertiary/aromatic N) is 2. The summed E-state index contributed by atoms with van der Waals surface area (Å²) in [5, 5.41) is 4.41. The number of halogens is 1. The van der Waals surface area contributed by atoms with Gasteiger partial charge in [-0.15, -0.1) is 0 Å². The van der Waals surface area contributed by atoms with Crippen LogP contribution in [0.5, 0.6) is 0 Å². The van der Waals surface area contributed by atoms with Gasteiger partial charge in [-0.25, -0.2) is 0 Å². The van der Waals surface area contributed by atoms with E-state index in [1.165, 1.54) is 24.8 Å². The highest BCUT2D eigenvalue weighted by molar-refractivity contribution is 6.31. The van der Waals surface area contributed by atoms with E-state index in [2.05, 4.69) is 22.1 Å². The van der Waals surface area contributed by atoms with Crippen LogP contribution >= 0.6 is 11.6 Å². The first-order valence-corrected chi connectivity index (χ1v) is 7.21. The fourth-order valence-corrected chi connectivity index (χ4v) is 2.71. The van der Waals surface area contributed by atoms with Gasteiger partial charge in [0.1, 0.15) is 0 Å². The van der Waals surface area contributed by atoms with Crippen molar-refractivity contribution in [2.45, 2.75) is 38.8 Å². The SMILES string of the molecule is CCCC1CN(Cc2ccncc2Cl)CCCN1. The maximum Gasteiger partial charge on any atom is 0.0634 e. The summed E-state index contributed by atoms with van der Waals surface area (Å²) in [7, 11) is 0. The first-order chi connectivity index (χ1) is 8.79. The van der Waals surface area contributed by atoms with Crippen molar-refractivity contribution < 1.29 is 0 Å². The largest absolute Gasteiger partial charge is 0.313 e. The van der Waals surface area contributed by atoms with E-state index in [1.807, 2.05) is 12.3 Å². The number of hydrogen-bond acceptors (Lipinski definition) is 3. The zero-order valence-electron chi connectivity index (χ0n) is 11.0. The lowest BCUT2D eigenvalue weighted by Crippen LogP contribution is -2.37. The van der Waals surface area contributed by atoms with Crippen LogP contribution in [0.3, 0.4) is 0 Å². The summed E-state index contributed by atoms with van der Waals surface area (Å²) < 4.78 is 0. The average molecular weight is 268 g/mol. The van der Waals surface area contributed by atoms with E-state index in [-0.39, 0.29) is 0 Å². The first kappa shape index (κ1) is 13.8. The van der Waals surface area contributed by atoms with Gasteiger partial charge >= 0.3 is 0 Å². The van der Waals surface area contributed by atoms with Crippen molar-refractivity contribution in [2.24, 2.45) is 0 Å². The smallest absolute Gasteiger partial charge is 0.0634 e. The van der Waals surface area contributed by atoms with Gasteiger partial charge in [0.15, 0.2) is 0 Å². The van der Waals surface area contributed by atoms with E-state index in [4.69, 9.17) is 11.6 Å². The third kappa shape index (κ3) is 3.94. The van der Waals surface area contributed by atoms with E-state index >= 15 is 0 Å². The van der Waals surface area contributed by atoms with Gasteiger partial charge in [-0.1, -0.05) is 24.9 Å². The fraction of sp³-hybridized carbons (Fsp3) is 0.643. The Morgan fingerprint density at radius 2 is 2.44 bits per heavy atom. The molecule has 3 nitrogen and oxygen atoms in total. The minimum absolute atomic E-state index is 0.623. The molecule has 100 valence electrons. The number of aromatic nitrogens is 1. The van der Waals surface area contributed by atoms with Crippen LogP contribution in [0.15, 0.2) is 18.5 Å². The Bertz CT molecular complexity index is 370. The van der Waals surface area contributed by atoms with Crippen molar-refractivity contribution in [1.82, 2.24) is 15.2 Å². The van der Waals surface area contributed by atoms with E-state index < -0.39 is 0 Å². The summed E-state index contributed by atoms with van der Waals surface area (Å²) in [6.45, 7) is 6.57. The number of pyridine rings is 1. The Balaban J connectivity index is 1.97. The number of rotatable bonds is 4. The standard InChI is InChI=1S/C14H22ClN3/c1-2-4-13-11-18(8-3-6-17-13)10-12-5-7-16-9-14(12)15/h5,7,9,13,17H,2-4,6,8,10-11H2,1H3. The van der Waals surface area contributed by atoms with Crippen molar-refractivity contribution in [3.63, 3.8) is 0 Å². The van der Waals surface area contributed by atoms with Gasteiger partial charge in [-0.05, 0) is 37.6 Å². The second kappa shape index (κ2) is 7.07. The Hall–Kier alpha value is -0.640. The molecule has 1 atom stereocenters. The molecule has 1 fully saturated rings. The van der Waals surface area contributed by atoms with Crippen LogP contribution in [0.4, 0.5) is 0 Å². The molecule has 18 heavy (non-hydrogen) atoms. The van der Waals surface area contributed by atoms with Crippen molar-refractivity contribution in [3.8, 4) is 0 Å². The summed E-state index contributed by atoms with van der Waals surface area (Å²) >= 11 is 6.18. The van der Waals surface area contributed by atoms with Crippen LogP contribution in [0, 0.1) is 0 Å². The highest BCUT2D eigenvalue weighted by atomic mass is 35.5. The number of hydrogen-bond donors (Lipinski definition) is 1. The molecule has 0 amide bonds. The topological polar surface area (TPSA) is 28.2 Å². The van der Waals surface area contributed by atoms with E-state index in [0.29, 0.717) is 6.04 Å². The first-order valence-electron chi connectivity index (χ1n) is 6.83. The molecule has 1 aromatic heterocycles. The molecule has 0 saturated carbocycles. The third-order valence-corrected chi connectivity index (χ3v) is 3.79. The lowest BCUT2D eigenvalue weighted by atomic mass is 10.1. The van der Waals surface area contributed by atoms with E-state index in [9.17, 15) is 0 Å². The Labute approximate surface area is 115 Å². The highest BCUT2D eigenvalue weighted by Crippen LogP contribution is 2.17. The minimum Gasteiger partial charge on any atom is -0.313 e. The van der Waals surface area contributed by atoms with Crippen LogP contribution in [0.1, 0.15) is 31.7 Å².